The molecule has 0 unspecified atom stereocenters. The van der Waals surface area contributed by atoms with Crippen molar-refractivity contribution in [3.63, 3.8) is 0 Å². The van der Waals surface area contributed by atoms with Gasteiger partial charge < -0.3 is 9.84 Å². The number of benzene rings is 1. The number of rotatable bonds is 5. The number of hydrazone groups is 1. The largest absolute Gasteiger partial charge is 0.504 e. The third kappa shape index (κ3) is 3.38. The van der Waals surface area contributed by atoms with Crippen LogP contribution in [0.15, 0.2) is 23.3 Å². The minimum atomic E-state index is -0.0209. The zero-order valence-corrected chi connectivity index (χ0v) is 12.7. The van der Waals surface area contributed by atoms with Gasteiger partial charge in [-0.15, -0.1) is 0 Å². The molecular formula is C14H15N3O3S. The summed E-state index contributed by atoms with van der Waals surface area (Å²) in [6.45, 7) is 3.28. The number of phenols is 1. The van der Waals surface area contributed by atoms with Gasteiger partial charge in [0.1, 0.15) is 0 Å². The highest BCUT2D eigenvalue weighted by molar-refractivity contribution is 7.17. The molecule has 0 aliphatic heterocycles. The molecular weight excluding hydrogens is 290 g/mol. The van der Waals surface area contributed by atoms with Gasteiger partial charge in [-0.3, -0.25) is 10.2 Å². The molecule has 0 aliphatic carbocycles. The van der Waals surface area contributed by atoms with Crippen LogP contribution in [-0.4, -0.2) is 29.2 Å². The summed E-state index contributed by atoms with van der Waals surface area (Å²) in [7, 11) is 1.48. The van der Waals surface area contributed by atoms with Crippen LogP contribution >= 0.6 is 11.3 Å². The molecule has 1 aromatic heterocycles. The van der Waals surface area contributed by atoms with Crippen molar-refractivity contribution in [1.82, 2.24) is 4.98 Å². The van der Waals surface area contributed by atoms with E-state index in [1.54, 1.807) is 25.1 Å². The van der Waals surface area contributed by atoms with Gasteiger partial charge in [0.05, 0.1) is 23.9 Å². The molecule has 0 fully saturated rings. The van der Waals surface area contributed by atoms with Crippen molar-refractivity contribution in [1.29, 1.82) is 0 Å². The van der Waals surface area contributed by atoms with Crippen LogP contribution in [0.3, 0.4) is 0 Å². The lowest BCUT2D eigenvalue weighted by Gasteiger charge is -2.04. The molecule has 0 spiro atoms. The van der Waals surface area contributed by atoms with Crippen molar-refractivity contribution in [2.75, 3.05) is 12.5 Å². The van der Waals surface area contributed by atoms with Crippen molar-refractivity contribution >= 4 is 28.5 Å². The van der Waals surface area contributed by atoms with Gasteiger partial charge in [-0.25, -0.2) is 4.98 Å². The molecule has 0 bridgehead atoms. The fourth-order valence-electron chi connectivity index (χ4n) is 1.74. The van der Waals surface area contributed by atoms with E-state index in [0.29, 0.717) is 27.0 Å². The molecule has 2 aromatic rings. The number of ketones is 1. The van der Waals surface area contributed by atoms with Crippen molar-refractivity contribution in [2.24, 2.45) is 5.10 Å². The Morgan fingerprint density at radius 1 is 1.52 bits per heavy atom. The van der Waals surface area contributed by atoms with Crippen LogP contribution in [-0.2, 0) is 0 Å². The number of anilines is 1. The summed E-state index contributed by atoms with van der Waals surface area (Å²) in [5.41, 5.74) is 3.94. The highest BCUT2D eigenvalue weighted by Gasteiger charge is 2.10. The summed E-state index contributed by atoms with van der Waals surface area (Å²) in [5, 5.41) is 14.4. The van der Waals surface area contributed by atoms with Gasteiger partial charge in [0.25, 0.3) is 0 Å². The standard InChI is InChI=1S/C14H15N3O3S/c1-8-13(9(2)18)21-14(16-8)17-15-7-10-5-4-6-11(20-3)12(10)19/h4-7,19H,1-3H3,(H,16,17)/b15-7+. The molecule has 21 heavy (non-hydrogen) atoms. The van der Waals surface area contributed by atoms with E-state index in [-0.39, 0.29) is 11.5 Å². The molecule has 110 valence electrons. The lowest BCUT2D eigenvalue weighted by molar-refractivity contribution is 0.102. The van der Waals surface area contributed by atoms with E-state index in [0.717, 1.165) is 0 Å². The van der Waals surface area contributed by atoms with Gasteiger partial charge >= 0.3 is 0 Å². The molecule has 0 atom stereocenters. The van der Waals surface area contributed by atoms with Crippen molar-refractivity contribution in [2.45, 2.75) is 13.8 Å². The number of Topliss-reactive ketones (excluding diaryl/α,β-unsaturated/α-hetero) is 1. The molecule has 0 amide bonds. The first-order chi connectivity index (χ1) is 10.0. The van der Waals surface area contributed by atoms with Crippen LogP contribution in [0.25, 0.3) is 0 Å². The number of hydrogen-bond acceptors (Lipinski definition) is 7. The monoisotopic (exact) mass is 305 g/mol. The fourth-order valence-corrected chi connectivity index (χ4v) is 2.55. The SMILES string of the molecule is COc1cccc(/C=N/Nc2nc(C)c(C(C)=O)s2)c1O. The molecule has 1 aromatic carbocycles. The number of para-hydroxylation sites is 1. The van der Waals surface area contributed by atoms with Crippen LogP contribution in [0.5, 0.6) is 11.5 Å². The molecule has 2 N–H and O–H groups in total. The number of carbonyl (C=O) groups excluding carboxylic acids is 1. The lowest BCUT2D eigenvalue weighted by Crippen LogP contribution is -1.92. The van der Waals surface area contributed by atoms with E-state index in [1.165, 1.54) is 31.6 Å². The maximum absolute atomic E-state index is 11.3. The zero-order valence-electron chi connectivity index (χ0n) is 11.9. The number of aromatic hydroxyl groups is 1. The molecule has 7 heteroatoms. The Morgan fingerprint density at radius 3 is 2.90 bits per heavy atom. The Labute approximate surface area is 126 Å². The number of thiazole rings is 1. The predicted octanol–water partition coefficient (Wildman–Crippen LogP) is 2.81. The number of hydrogen-bond donors (Lipinski definition) is 2. The smallest absolute Gasteiger partial charge is 0.204 e. The topological polar surface area (TPSA) is 83.8 Å². The van der Waals surface area contributed by atoms with Gasteiger partial charge in [0.15, 0.2) is 17.3 Å². The number of nitrogens with zero attached hydrogens (tertiary/aromatic N) is 2. The number of phenolic OH excluding ortho intramolecular Hbond substituents is 1. The van der Waals surface area contributed by atoms with E-state index >= 15 is 0 Å². The molecule has 0 saturated heterocycles. The Morgan fingerprint density at radius 2 is 2.29 bits per heavy atom. The van der Waals surface area contributed by atoms with Gasteiger partial charge in [-0.1, -0.05) is 17.4 Å². The first-order valence-electron chi connectivity index (χ1n) is 6.16. The van der Waals surface area contributed by atoms with Crippen molar-refractivity contribution in [3.05, 3.63) is 34.3 Å². The second-order valence-corrected chi connectivity index (χ2v) is 5.26. The third-order valence-electron chi connectivity index (χ3n) is 2.73. The maximum atomic E-state index is 11.3. The van der Waals surface area contributed by atoms with Crippen LogP contribution in [0, 0.1) is 6.92 Å². The summed E-state index contributed by atoms with van der Waals surface area (Å²) in [6.07, 6.45) is 1.46. The minimum absolute atomic E-state index is 0.0188. The van der Waals surface area contributed by atoms with E-state index in [4.69, 9.17) is 4.74 Å². The third-order valence-corrected chi connectivity index (χ3v) is 3.89. The minimum Gasteiger partial charge on any atom is -0.504 e. The highest BCUT2D eigenvalue weighted by Crippen LogP contribution is 2.28. The van der Waals surface area contributed by atoms with E-state index in [2.05, 4.69) is 15.5 Å². The first-order valence-corrected chi connectivity index (χ1v) is 6.98. The number of methoxy groups -OCH3 is 1. The first kappa shape index (κ1) is 15.0. The van der Waals surface area contributed by atoms with E-state index in [9.17, 15) is 9.90 Å². The molecule has 2 rings (SSSR count). The summed E-state index contributed by atoms with van der Waals surface area (Å²) in [6, 6.07) is 5.11. The maximum Gasteiger partial charge on any atom is 0.204 e. The number of aryl methyl sites for hydroxylation is 1. The zero-order chi connectivity index (χ0) is 15.4. The Balaban J connectivity index is 2.13. The van der Waals surface area contributed by atoms with E-state index < -0.39 is 0 Å². The molecule has 1 heterocycles. The summed E-state index contributed by atoms with van der Waals surface area (Å²) in [5.74, 6) is 0.376. The summed E-state index contributed by atoms with van der Waals surface area (Å²) >= 11 is 1.24. The number of nitrogens with one attached hydrogen (secondary N) is 1. The summed E-state index contributed by atoms with van der Waals surface area (Å²) < 4.78 is 5.02. The predicted molar refractivity (Wildman–Crippen MR) is 82.7 cm³/mol. The summed E-state index contributed by atoms with van der Waals surface area (Å²) in [4.78, 5) is 16.2. The van der Waals surface area contributed by atoms with Crippen LogP contribution < -0.4 is 10.2 Å². The average Bonchev–Trinajstić information content (AvgIpc) is 2.82. The Kier molecular flexibility index (Phi) is 4.54. The van der Waals surface area contributed by atoms with Crippen molar-refractivity contribution in [3.8, 4) is 11.5 Å². The van der Waals surface area contributed by atoms with Crippen LogP contribution in [0.4, 0.5) is 5.13 Å². The molecule has 0 radical (unpaired) electrons. The van der Waals surface area contributed by atoms with Crippen LogP contribution in [0.1, 0.15) is 27.9 Å². The fraction of sp³-hybridized carbons (Fsp3) is 0.214. The highest BCUT2D eigenvalue weighted by atomic mass is 32.1. The number of carbonyl (C=O) groups is 1. The van der Waals surface area contributed by atoms with Gasteiger partial charge in [-0.2, -0.15) is 5.10 Å². The quantitative estimate of drug-likeness (QED) is 0.504. The normalized spacial score (nSPS) is 10.8. The second-order valence-electron chi connectivity index (χ2n) is 4.26. The molecule has 0 aliphatic rings. The van der Waals surface area contributed by atoms with Crippen molar-refractivity contribution < 1.29 is 14.6 Å². The molecule has 6 nitrogen and oxygen atoms in total. The molecule has 0 saturated carbocycles. The number of aromatic nitrogens is 1. The van der Waals surface area contributed by atoms with Gasteiger partial charge in [-0.05, 0) is 19.1 Å². The second kappa shape index (κ2) is 6.36. The lowest BCUT2D eigenvalue weighted by atomic mass is 10.2. The Bertz CT molecular complexity index is 695. The Hall–Kier alpha value is -2.41. The van der Waals surface area contributed by atoms with Gasteiger partial charge in [0.2, 0.25) is 5.13 Å². The average molecular weight is 305 g/mol. The van der Waals surface area contributed by atoms with Crippen LogP contribution in [0.2, 0.25) is 0 Å². The number of ether oxygens (including phenoxy) is 1. The van der Waals surface area contributed by atoms with E-state index in [1.807, 2.05) is 0 Å². The van der Waals surface area contributed by atoms with Gasteiger partial charge in [0, 0.05) is 12.5 Å².